The van der Waals surface area contributed by atoms with Crippen molar-refractivity contribution in [3.05, 3.63) is 51.5 Å². The number of benzene rings is 1. The van der Waals surface area contributed by atoms with Gasteiger partial charge < -0.3 is 9.64 Å². The zero-order chi connectivity index (χ0) is 18.7. The maximum atomic E-state index is 13.8. The fraction of sp³-hybridized carbons (Fsp3) is 0.389. The van der Waals surface area contributed by atoms with Crippen LogP contribution in [0.5, 0.6) is 0 Å². The summed E-state index contributed by atoms with van der Waals surface area (Å²) < 4.78 is 32.1. The molecule has 0 bridgehead atoms. The van der Waals surface area contributed by atoms with Gasteiger partial charge in [0.1, 0.15) is 22.3 Å². The predicted molar refractivity (Wildman–Crippen MR) is 92.1 cm³/mol. The van der Waals surface area contributed by atoms with Crippen molar-refractivity contribution >= 4 is 23.0 Å². The van der Waals surface area contributed by atoms with E-state index in [1.54, 1.807) is 17.4 Å². The normalized spacial score (nSPS) is 15.3. The smallest absolute Gasteiger partial charge is 0.273 e. The van der Waals surface area contributed by atoms with Crippen LogP contribution in [0.25, 0.3) is 0 Å². The van der Waals surface area contributed by atoms with Gasteiger partial charge in [0, 0.05) is 31.5 Å². The van der Waals surface area contributed by atoms with Crippen molar-refractivity contribution < 1.29 is 23.1 Å². The van der Waals surface area contributed by atoms with E-state index in [9.17, 15) is 18.4 Å². The zero-order valence-corrected chi connectivity index (χ0v) is 15.0. The van der Waals surface area contributed by atoms with Gasteiger partial charge in [-0.2, -0.15) is 0 Å². The summed E-state index contributed by atoms with van der Waals surface area (Å²) in [5.74, 6) is -2.38. The van der Waals surface area contributed by atoms with Crippen molar-refractivity contribution in [1.29, 1.82) is 0 Å². The Balaban J connectivity index is 1.62. The molecule has 2 aromatic rings. The van der Waals surface area contributed by atoms with Crippen LogP contribution in [0.15, 0.2) is 23.6 Å². The Labute approximate surface area is 153 Å². The Hall–Kier alpha value is -2.19. The first-order valence-electron chi connectivity index (χ1n) is 8.21. The molecule has 3 rings (SSSR count). The van der Waals surface area contributed by atoms with E-state index in [4.69, 9.17) is 4.74 Å². The van der Waals surface area contributed by atoms with E-state index in [2.05, 4.69) is 4.98 Å². The molecule has 0 unspecified atom stereocenters. The first-order valence-corrected chi connectivity index (χ1v) is 9.09. The van der Waals surface area contributed by atoms with E-state index >= 15 is 0 Å². The fourth-order valence-corrected chi connectivity index (χ4v) is 3.75. The number of ether oxygens (including phenoxy) is 1. The van der Waals surface area contributed by atoms with Crippen LogP contribution in [-0.2, 0) is 11.3 Å². The molecule has 5 nitrogen and oxygen atoms in total. The molecule has 0 atom stereocenters. The summed E-state index contributed by atoms with van der Waals surface area (Å²) in [6.45, 7) is 1.11. The molecular weight excluding hydrogens is 362 g/mol. The largest absolute Gasteiger partial charge is 0.378 e. The van der Waals surface area contributed by atoms with Gasteiger partial charge in [-0.15, -0.1) is 11.3 Å². The van der Waals surface area contributed by atoms with Crippen LogP contribution in [0, 0.1) is 17.6 Å². The highest BCUT2D eigenvalue weighted by molar-refractivity contribution is 7.09. The van der Waals surface area contributed by atoms with E-state index in [0.29, 0.717) is 38.2 Å². The van der Waals surface area contributed by atoms with Gasteiger partial charge in [-0.3, -0.25) is 9.59 Å². The number of ketones is 1. The molecule has 0 aliphatic carbocycles. The van der Waals surface area contributed by atoms with Gasteiger partial charge in [-0.1, -0.05) is 0 Å². The maximum Gasteiger partial charge on any atom is 0.273 e. The highest BCUT2D eigenvalue weighted by Gasteiger charge is 2.30. The second-order valence-electron chi connectivity index (χ2n) is 6.11. The van der Waals surface area contributed by atoms with Crippen molar-refractivity contribution in [1.82, 2.24) is 9.88 Å². The average Bonchev–Trinajstić information content (AvgIpc) is 3.11. The third kappa shape index (κ3) is 3.96. The van der Waals surface area contributed by atoms with Crippen molar-refractivity contribution in [2.45, 2.75) is 19.4 Å². The predicted octanol–water partition coefficient (Wildman–Crippen LogP) is 3.30. The first-order chi connectivity index (χ1) is 12.5. The second kappa shape index (κ2) is 8.01. The number of halogens is 2. The third-order valence-electron chi connectivity index (χ3n) is 4.39. The Morgan fingerprint density at radius 2 is 2.04 bits per heavy atom. The molecule has 0 spiro atoms. The SMILES string of the molecule is COCc1nc(C(=O)N2CCC(C(=O)c3cc(F)ccc3F)CC2)cs1. The van der Waals surface area contributed by atoms with Crippen LogP contribution in [0.3, 0.4) is 0 Å². The monoisotopic (exact) mass is 380 g/mol. The molecular formula is C18H18F2N2O3S. The average molecular weight is 380 g/mol. The minimum Gasteiger partial charge on any atom is -0.378 e. The summed E-state index contributed by atoms with van der Waals surface area (Å²) in [5.41, 5.74) is 0.140. The van der Waals surface area contributed by atoms with Gasteiger partial charge in [0.15, 0.2) is 5.78 Å². The zero-order valence-electron chi connectivity index (χ0n) is 14.2. The van der Waals surface area contributed by atoms with Gasteiger partial charge in [0.05, 0.1) is 12.2 Å². The molecule has 2 heterocycles. The number of hydrogen-bond donors (Lipinski definition) is 0. The number of rotatable bonds is 5. The first kappa shape index (κ1) is 18.6. The van der Waals surface area contributed by atoms with Crippen LogP contribution in [0.1, 0.15) is 38.7 Å². The van der Waals surface area contributed by atoms with Gasteiger partial charge in [0.2, 0.25) is 0 Å². The van der Waals surface area contributed by atoms with Gasteiger partial charge in [0.25, 0.3) is 5.91 Å². The molecule has 1 saturated heterocycles. The van der Waals surface area contributed by atoms with Crippen LogP contribution in [0.4, 0.5) is 8.78 Å². The summed E-state index contributed by atoms with van der Waals surface area (Å²) in [6.07, 6.45) is 0.825. The van der Waals surface area contributed by atoms with Gasteiger partial charge in [-0.25, -0.2) is 13.8 Å². The molecule has 1 aromatic heterocycles. The maximum absolute atomic E-state index is 13.8. The van der Waals surface area contributed by atoms with E-state index in [1.165, 1.54) is 11.3 Å². The number of piperidine rings is 1. The fourth-order valence-electron chi connectivity index (χ4n) is 3.01. The summed E-state index contributed by atoms with van der Waals surface area (Å²) >= 11 is 1.36. The van der Waals surface area contributed by atoms with E-state index in [0.717, 1.165) is 23.2 Å². The molecule has 0 saturated carbocycles. The number of likely N-dealkylation sites (tertiary alicyclic amines) is 1. The standard InChI is InChI=1S/C18H18F2N2O3S/c1-25-9-16-21-15(10-26-16)18(24)22-6-4-11(5-7-22)17(23)13-8-12(19)2-3-14(13)20/h2-3,8,10-11H,4-7,9H2,1H3. The lowest BCUT2D eigenvalue weighted by atomic mass is 9.88. The minimum absolute atomic E-state index is 0.188. The van der Waals surface area contributed by atoms with Crippen LogP contribution >= 0.6 is 11.3 Å². The van der Waals surface area contributed by atoms with Crippen molar-refractivity contribution in [3.63, 3.8) is 0 Å². The van der Waals surface area contributed by atoms with Crippen molar-refractivity contribution in [2.24, 2.45) is 5.92 Å². The molecule has 138 valence electrons. The number of methoxy groups -OCH3 is 1. The second-order valence-corrected chi connectivity index (χ2v) is 7.06. The molecule has 0 radical (unpaired) electrons. The lowest BCUT2D eigenvalue weighted by Crippen LogP contribution is -2.40. The summed E-state index contributed by atoms with van der Waals surface area (Å²) in [6, 6.07) is 2.88. The lowest BCUT2D eigenvalue weighted by molar-refractivity contribution is 0.0644. The van der Waals surface area contributed by atoms with E-state index in [1.807, 2.05) is 0 Å². The molecule has 1 aromatic carbocycles. The minimum atomic E-state index is -0.719. The number of thiazole rings is 1. The van der Waals surface area contributed by atoms with Gasteiger partial charge >= 0.3 is 0 Å². The number of aromatic nitrogens is 1. The van der Waals surface area contributed by atoms with E-state index < -0.39 is 23.3 Å². The van der Waals surface area contributed by atoms with Crippen molar-refractivity contribution in [3.8, 4) is 0 Å². The van der Waals surface area contributed by atoms with Crippen molar-refractivity contribution in [2.75, 3.05) is 20.2 Å². The van der Waals surface area contributed by atoms with Crippen LogP contribution in [-0.4, -0.2) is 41.8 Å². The summed E-state index contributed by atoms with van der Waals surface area (Å²) in [4.78, 5) is 30.8. The number of hydrogen-bond acceptors (Lipinski definition) is 5. The third-order valence-corrected chi connectivity index (χ3v) is 5.21. The molecule has 8 heteroatoms. The van der Waals surface area contributed by atoms with Crippen LogP contribution < -0.4 is 0 Å². The molecule has 0 N–H and O–H groups in total. The molecule has 1 aliphatic rings. The number of carbonyl (C=O) groups is 2. The number of Topliss-reactive ketones (excluding diaryl/α,β-unsaturated/α-hetero) is 1. The number of amides is 1. The Morgan fingerprint density at radius 1 is 1.31 bits per heavy atom. The van der Waals surface area contributed by atoms with E-state index in [-0.39, 0.29) is 11.5 Å². The quantitative estimate of drug-likeness (QED) is 0.747. The number of nitrogens with zero attached hydrogens (tertiary/aromatic N) is 2. The Morgan fingerprint density at radius 3 is 2.73 bits per heavy atom. The summed E-state index contributed by atoms with van der Waals surface area (Å²) in [5, 5.41) is 2.42. The van der Waals surface area contributed by atoms with Gasteiger partial charge in [-0.05, 0) is 31.0 Å². The molecule has 1 fully saturated rings. The highest BCUT2D eigenvalue weighted by Crippen LogP contribution is 2.25. The summed E-state index contributed by atoms with van der Waals surface area (Å²) in [7, 11) is 1.56. The number of carbonyl (C=O) groups excluding carboxylic acids is 2. The molecule has 1 amide bonds. The highest BCUT2D eigenvalue weighted by atomic mass is 32.1. The van der Waals surface area contributed by atoms with Crippen LogP contribution in [0.2, 0.25) is 0 Å². The topological polar surface area (TPSA) is 59.5 Å². The lowest BCUT2D eigenvalue weighted by Gasteiger charge is -2.31. The molecule has 26 heavy (non-hydrogen) atoms. The molecule has 1 aliphatic heterocycles. The Kier molecular flexibility index (Phi) is 5.73. The Bertz CT molecular complexity index is 817.